The molecule has 1 saturated heterocycles. The number of hydrogen-bond acceptors (Lipinski definition) is 3. The lowest BCUT2D eigenvalue weighted by molar-refractivity contribution is 0.0643. The maximum atomic E-state index is 13.1. The summed E-state index contributed by atoms with van der Waals surface area (Å²) >= 11 is 0. The first kappa shape index (κ1) is 16.7. The molecule has 1 aliphatic rings. The van der Waals surface area contributed by atoms with Crippen molar-refractivity contribution in [2.45, 2.75) is 26.8 Å². The van der Waals surface area contributed by atoms with Gasteiger partial charge in [-0.3, -0.25) is 4.79 Å². The second-order valence-electron chi connectivity index (χ2n) is 7.18. The van der Waals surface area contributed by atoms with E-state index < -0.39 is 0 Å². The average Bonchev–Trinajstić information content (AvgIpc) is 2.98. The summed E-state index contributed by atoms with van der Waals surface area (Å²) in [5.74, 6) is 0.474. The molecule has 4 rings (SSSR count). The van der Waals surface area contributed by atoms with Gasteiger partial charge in [0.2, 0.25) is 0 Å². The molecule has 3 aromatic rings. The number of furan rings is 1. The Balaban J connectivity index is 1.57. The summed E-state index contributed by atoms with van der Waals surface area (Å²) in [4.78, 5) is 17.4. The minimum absolute atomic E-state index is 0.00318. The van der Waals surface area contributed by atoms with Crippen LogP contribution in [0.25, 0.3) is 11.0 Å². The van der Waals surface area contributed by atoms with Gasteiger partial charge in [-0.15, -0.1) is 0 Å². The lowest BCUT2D eigenvalue weighted by atomic mass is 10.1. The van der Waals surface area contributed by atoms with Crippen molar-refractivity contribution in [2.75, 3.05) is 24.5 Å². The fourth-order valence-corrected chi connectivity index (χ4v) is 3.80. The van der Waals surface area contributed by atoms with Crippen molar-refractivity contribution < 1.29 is 9.21 Å². The monoisotopic (exact) mass is 348 g/mol. The van der Waals surface area contributed by atoms with Crippen LogP contribution in [0.4, 0.5) is 5.69 Å². The van der Waals surface area contributed by atoms with Crippen molar-refractivity contribution in [3.8, 4) is 0 Å². The highest BCUT2D eigenvalue weighted by Gasteiger charge is 2.31. The molecule has 0 saturated carbocycles. The van der Waals surface area contributed by atoms with Crippen molar-refractivity contribution in [1.82, 2.24) is 4.90 Å². The maximum absolute atomic E-state index is 13.1. The van der Waals surface area contributed by atoms with Crippen LogP contribution in [0.1, 0.15) is 28.6 Å². The van der Waals surface area contributed by atoms with Crippen LogP contribution in [0.5, 0.6) is 0 Å². The predicted octanol–water partition coefficient (Wildman–Crippen LogP) is 4.40. The predicted molar refractivity (Wildman–Crippen MR) is 105 cm³/mol. The Morgan fingerprint density at radius 2 is 1.85 bits per heavy atom. The third-order valence-corrected chi connectivity index (χ3v) is 5.30. The molecule has 0 aliphatic carbocycles. The van der Waals surface area contributed by atoms with Gasteiger partial charge in [-0.2, -0.15) is 0 Å². The van der Waals surface area contributed by atoms with Crippen LogP contribution in [0.3, 0.4) is 0 Å². The van der Waals surface area contributed by atoms with Crippen molar-refractivity contribution in [3.05, 3.63) is 65.4 Å². The summed E-state index contributed by atoms with van der Waals surface area (Å²) in [5.41, 5.74) is 4.10. The van der Waals surface area contributed by atoms with Gasteiger partial charge < -0.3 is 14.2 Å². The van der Waals surface area contributed by atoms with Crippen LogP contribution in [-0.4, -0.2) is 36.5 Å². The molecule has 0 unspecified atom stereocenters. The standard InChI is InChI=1S/C22H24N2O2/c1-15-9-10-20-19(13-15)17(3)21(26-20)22(25)24-12-11-23(14-16(24)2)18-7-5-4-6-8-18/h4-10,13,16H,11-12,14H2,1-3H3/t16-/m0/s1. The minimum Gasteiger partial charge on any atom is -0.451 e. The van der Waals surface area contributed by atoms with Crippen molar-refractivity contribution in [1.29, 1.82) is 0 Å². The van der Waals surface area contributed by atoms with Gasteiger partial charge >= 0.3 is 0 Å². The lowest BCUT2D eigenvalue weighted by Gasteiger charge is -2.40. The molecule has 134 valence electrons. The Bertz CT molecular complexity index is 945. The third kappa shape index (κ3) is 2.85. The molecule has 0 radical (unpaired) electrons. The molecule has 2 aromatic carbocycles. The molecule has 4 heteroatoms. The fourth-order valence-electron chi connectivity index (χ4n) is 3.80. The molecule has 0 N–H and O–H groups in total. The Labute approximate surface area is 154 Å². The van der Waals surface area contributed by atoms with Gasteiger partial charge in [0.25, 0.3) is 5.91 Å². The van der Waals surface area contributed by atoms with E-state index >= 15 is 0 Å². The normalized spacial score (nSPS) is 17.7. The quantitative estimate of drug-likeness (QED) is 0.689. The smallest absolute Gasteiger partial charge is 0.290 e. The number of aryl methyl sites for hydroxylation is 2. The van der Waals surface area contributed by atoms with Gasteiger partial charge in [0.05, 0.1) is 0 Å². The van der Waals surface area contributed by atoms with Gasteiger partial charge in [-0.25, -0.2) is 0 Å². The zero-order chi connectivity index (χ0) is 18.3. The highest BCUT2D eigenvalue weighted by molar-refractivity contribution is 5.99. The first-order chi connectivity index (χ1) is 12.5. The van der Waals surface area contributed by atoms with Crippen molar-refractivity contribution in [2.24, 2.45) is 0 Å². The van der Waals surface area contributed by atoms with Crippen LogP contribution in [0.15, 0.2) is 52.9 Å². The topological polar surface area (TPSA) is 36.7 Å². The van der Waals surface area contributed by atoms with E-state index in [1.54, 1.807) is 0 Å². The largest absolute Gasteiger partial charge is 0.451 e. The summed E-state index contributed by atoms with van der Waals surface area (Å²) in [6.45, 7) is 8.49. The number of benzene rings is 2. The maximum Gasteiger partial charge on any atom is 0.290 e. The Kier molecular flexibility index (Phi) is 4.19. The summed E-state index contributed by atoms with van der Waals surface area (Å²) in [6.07, 6.45) is 0. The summed E-state index contributed by atoms with van der Waals surface area (Å²) < 4.78 is 5.92. The number of fused-ring (bicyclic) bond motifs is 1. The number of carbonyl (C=O) groups is 1. The molecule has 1 aliphatic heterocycles. The lowest BCUT2D eigenvalue weighted by Crippen LogP contribution is -2.54. The van der Waals surface area contributed by atoms with E-state index in [1.165, 1.54) is 11.3 Å². The number of nitrogens with zero attached hydrogens (tertiary/aromatic N) is 2. The SMILES string of the molecule is Cc1ccc2oc(C(=O)N3CCN(c4ccccc4)C[C@@H]3C)c(C)c2c1. The van der Waals surface area contributed by atoms with Crippen LogP contribution < -0.4 is 4.90 Å². The van der Waals surface area contributed by atoms with E-state index in [1.807, 2.05) is 30.0 Å². The van der Waals surface area contributed by atoms with Crippen LogP contribution in [0, 0.1) is 13.8 Å². The highest BCUT2D eigenvalue weighted by atomic mass is 16.3. The van der Waals surface area contributed by atoms with Gasteiger partial charge in [0, 0.05) is 42.3 Å². The Hall–Kier alpha value is -2.75. The number of hydrogen-bond donors (Lipinski definition) is 0. The first-order valence-electron chi connectivity index (χ1n) is 9.15. The van der Waals surface area contributed by atoms with Crippen LogP contribution in [0.2, 0.25) is 0 Å². The Morgan fingerprint density at radius 1 is 1.08 bits per heavy atom. The van der Waals surface area contributed by atoms with E-state index in [2.05, 4.69) is 49.1 Å². The highest BCUT2D eigenvalue weighted by Crippen LogP contribution is 2.28. The van der Waals surface area contributed by atoms with Gasteiger partial charge in [-0.05, 0) is 45.0 Å². The number of rotatable bonds is 2. The van der Waals surface area contributed by atoms with E-state index in [0.29, 0.717) is 12.3 Å². The van der Waals surface area contributed by atoms with E-state index in [4.69, 9.17) is 4.42 Å². The van der Waals surface area contributed by atoms with E-state index in [-0.39, 0.29) is 11.9 Å². The molecule has 1 fully saturated rings. The molecular formula is C22H24N2O2. The number of anilines is 1. The summed E-state index contributed by atoms with van der Waals surface area (Å²) in [6, 6.07) is 16.6. The molecule has 1 aromatic heterocycles. The molecule has 0 spiro atoms. The van der Waals surface area contributed by atoms with Gasteiger partial charge in [-0.1, -0.05) is 29.8 Å². The van der Waals surface area contributed by atoms with Crippen molar-refractivity contribution >= 4 is 22.6 Å². The second kappa shape index (κ2) is 6.52. The zero-order valence-corrected chi connectivity index (χ0v) is 15.5. The fraction of sp³-hybridized carbons (Fsp3) is 0.318. The first-order valence-corrected chi connectivity index (χ1v) is 9.15. The molecule has 0 bridgehead atoms. The molecule has 1 amide bonds. The Morgan fingerprint density at radius 3 is 2.58 bits per heavy atom. The number of piperazine rings is 1. The third-order valence-electron chi connectivity index (χ3n) is 5.30. The molecular weight excluding hydrogens is 324 g/mol. The van der Waals surface area contributed by atoms with E-state index in [9.17, 15) is 4.79 Å². The summed E-state index contributed by atoms with van der Waals surface area (Å²) in [5, 5.41) is 1.03. The minimum atomic E-state index is -0.00318. The molecule has 4 nitrogen and oxygen atoms in total. The number of carbonyl (C=O) groups excluding carboxylic acids is 1. The molecule has 2 heterocycles. The second-order valence-corrected chi connectivity index (χ2v) is 7.18. The van der Waals surface area contributed by atoms with Gasteiger partial charge in [0.1, 0.15) is 5.58 Å². The van der Waals surface area contributed by atoms with E-state index in [0.717, 1.165) is 29.6 Å². The molecule has 26 heavy (non-hydrogen) atoms. The average molecular weight is 348 g/mol. The van der Waals surface area contributed by atoms with Crippen LogP contribution >= 0.6 is 0 Å². The summed E-state index contributed by atoms with van der Waals surface area (Å²) in [7, 11) is 0. The number of para-hydroxylation sites is 1. The molecule has 1 atom stereocenters. The zero-order valence-electron chi connectivity index (χ0n) is 15.5. The number of amides is 1. The van der Waals surface area contributed by atoms with Crippen molar-refractivity contribution in [3.63, 3.8) is 0 Å². The van der Waals surface area contributed by atoms with Crippen LogP contribution in [-0.2, 0) is 0 Å². The van der Waals surface area contributed by atoms with Gasteiger partial charge in [0.15, 0.2) is 5.76 Å².